The molecule has 1 atom stereocenters. The fourth-order valence-electron chi connectivity index (χ4n) is 3.01. The number of fused-ring (bicyclic) bond motifs is 1. The standard InChI is InChI=1S/C14H17N/c1-11-10-15-9-5-8-13(15)14(11)12-6-3-2-4-7-12/h2-4,6-7,11H,5,8-10H2,1H3. The summed E-state index contributed by atoms with van der Waals surface area (Å²) in [5.74, 6) is 0.711. The summed E-state index contributed by atoms with van der Waals surface area (Å²) in [6, 6.07) is 10.9. The van der Waals surface area contributed by atoms with E-state index in [0.717, 1.165) is 0 Å². The molecule has 1 fully saturated rings. The highest BCUT2D eigenvalue weighted by Crippen LogP contribution is 2.40. The number of hydrogen-bond donors (Lipinski definition) is 0. The van der Waals surface area contributed by atoms with Gasteiger partial charge in [0.2, 0.25) is 0 Å². The smallest absolute Gasteiger partial charge is 0.0242 e. The van der Waals surface area contributed by atoms with Gasteiger partial charge in [0.25, 0.3) is 0 Å². The predicted molar refractivity (Wildman–Crippen MR) is 63.3 cm³/mol. The molecule has 0 aliphatic carbocycles. The van der Waals surface area contributed by atoms with Crippen molar-refractivity contribution in [2.24, 2.45) is 5.92 Å². The first-order chi connectivity index (χ1) is 7.36. The van der Waals surface area contributed by atoms with Crippen molar-refractivity contribution in [2.45, 2.75) is 19.8 Å². The van der Waals surface area contributed by atoms with Crippen molar-refractivity contribution in [3.63, 3.8) is 0 Å². The normalized spacial score (nSPS) is 24.9. The molecule has 2 heterocycles. The molecule has 0 amide bonds. The first-order valence-corrected chi connectivity index (χ1v) is 5.89. The average Bonchev–Trinajstić information content (AvgIpc) is 2.78. The molecule has 2 aliphatic rings. The van der Waals surface area contributed by atoms with Crippen LogP contribution >= 0.6 is 0 Å². The van der Waals surface area contributed by atoms with E-state index in [1.54, 1.807) is 11.3 Å². The Morgan fingerprint density at radius 2 is 2.00 bits per heavy atom. The maximum absolute atomic E-state index is 2.58. The van der Waals surface area contributed by atoms with Crippen LogP contribution in [-0.4, -0.2) is 18.0 Å². The second kappa shape index (κ2) is 3.41. The molecule has 1 unspecified atom stereocenters. The molecule has 1 nitrogen and oxygen atoms in total. The lowest BCUT2D eigenvalue weighted by molar-refractivity contribution is 0.396. The topological polar surface area (TPSA) is 3.24 Å². The van der Waals surface area contributed by atoms with E-state index < -0.39 is 0 Å². The molecular weight excluding hydrogens is 182 g/mol. The summed E-state index contributed by atoms with van der Waals surface area (Å²) in [6.07, 6.45) is 2.63. The Morgan fingerprint density at radius 3 is 2.80 bits per heavy atom. The van der Waals surface area contributed by atoms with Gasteiger partial charge in [0.15, 0.2) is 0 Å². The van der Waals surface area contributed by atoms with Crippen LogP contribution in [0, 0.1) is 5.92 Å². The van der Waals surface area contributed by atoms with E-state index in [4.69, 9.17) is 0 Å². The van der Waals surface area contributed by atoms with Crippen LogP contribution in [0.3, 0.4) is 0 Å². The van der Waals surface area contributed by atoms with Crippen molar-refractivity contribution in [1.29, 1.82) is 0 Å². The van der Waals surface area contributed by atoms with Crippen LogP contribution in [0.2, 0.25) is 0 Å². The molecule has 1 aromatic carbocycles. The highest BCUT2D eigenvalue weighted by atomic mass is 15.2. The van der Waals surface area contributed by atoms with E-state index in [-0.39, 0.29) is 0 Å². The lowest BCUT2D eigenvalue weighted by atomic mass is 9.94. The molecule has 1 saturated heterocycles. The molecular formula is C14H17N. The van der Waals surface area contributed by atoms with Crippen molar-refractivity contribution >= 4 is 5.57 Å². The molecule has 0 aromatic heterocycles. The molecule has 0 bridgehead atoms. The van der Waals surface area contributed by atoms with E-state index in [1.165, 1.54) is 31.5 Å². The van der Waals surface area contributed by atoms with Gasteiger partial charge in [0.1, 0.15) is 0 Å². The Balaban J connectivity index is 2.07. The van der Waals surface area contributed by atoms with Crippen LogP contribution in [0.4, 0.5) is 0 Å². The highest BCUT2D eigenvalue weighted by molar-refractivity contribution is 5.72. The van der Waals surface area contributed by atoms with Crippen LogP contribution in [0.1, 0.15) is 25.3 Å². The molecule has 78 valence electrons. The summed E-state index contributed by atoms with van der Waals surface area (Å²) in [5.41, 5.74) is 4.66. The van der Waals surface area contributed by atoms with Crippen LogP contribution in [0.25, 0.3) is 5.57 Å². The maximum Gasteiger partial charge on any atom is 0.0242 e. The molecule has 0 saturated carbocycles. The van der Waals surface area contributed by atoms with Gasteiger partial charge in [-0.3, -0.25) is 0 Å². The van der Waals surface area contributed by atoms with Crippen LogP contribution in [0.5, 0.6) is 0 Å². The van der Waals surface area contributed by atoms with Crippen molar-refractivity contribution < 1.29 is 0 Å². The summed E-state index contributed by atoms with van der Waals surface area (Å²) < 4.78 is 0. The molecule has 0 N–H and O–H groups in total. The minimum atomic E-state index is 0.711. The zero-order valence-corrected chi connectivity index (χ0v) is 9.24. The summed E-state index contributed by atoms with van der Waals surface area (Å²) in [4.78, 5) is 2.58. The molecule has 1 aromatic rings. The van der Waals surface area contributed by atoms with Crippen molar-refractivity contribution in [2.75, 3.05) is 13.1 Å². The highest BCUT2D eigenvalue weighted by Gasteiger charge is 2.31. The fraction of sp³-hybridized carbons (Fsp3) is 0.429. The second-order valence-corrected chi connectivity index (χ2v) is 4.68. The lowest BCUT2D eigenvalue weighted by Gasteiger charge is -2.12. The maximum atomic E-state index is 2.58. The SMILES string of the molecule is CC1CN2CCCC2=C1c1ccccc1. The summed E-state index contributed by atoms with van der Waals surface area (Å²) in [5, 5.41) is 0. The number of rotatable bonds is 1. The van der Waals surface area contributed by atoms with Gasteiger partial charge in [-0.2, -0.15) is 0 Å². The molecule has 0 radical (unpaired) electrons. The van der Waals surface area contributed by atoms with E-state index in [9.17, 15) is 0 Å². The second-order valence-electron chi connectivity index (χ2n) is 4.68. The van der Waals surface area contributed by atoms with Crippen molar-refractivity contribution in [3.05, 3.63) is 41.6 Å². The van der Waals surface area contributed by atoms with E-state index in [1.807, 2.05) is 0 Å². The Labute approximate surface area is 91.4 Å². The minimum Gasteiger partial charge on any atom is -0.374 e. The quantitative estimate of drug-likeness (QED) is 0.671. The van der Waals surface area contributed by atoms with Gasteiger partial charge < -0.3 is 4.90 Å². The minimum absolute atomic E-state index is 0.711. The van der Waals surface area contributed by atoms with Crippen molar-refractivity contribution in [1.82, 2.24) is 4.90 Å². The monoisotopic (exact) mass is 199 g/mol. The van der Waals surface area contributed by atoms with E-state index in [0.29, 0.717) is 5.92 Å². The molecule has 1 heteroatoms. The summed E-state index contributed by atoms with van der Waals surface area (Å²) >= 11 is 0. The first-order valence-electron chi connectivity index (χ1n) is 5.89. The number of benzene rings is 1. The molecule has 3 rings (SSSR count). The lowest BCUT2D eigenvalue weighted by Crippen LogP contribution is -2.16. The van der Waals surface area contributed by atoms with Gasteiger partial charge in [0, 0.05) is 24.7 Å². The van der Waals surface area contributed by atoms with Crippen molar-refractivity contribution in [3.8, 4) is 0 Å². The largest absolute Gasteiger partial charge is 0.374 e. The zero-order valence-electron chi connectivity index (χ0n) is 9.24. The Morgan fingerprint density at radius 1 is 1.20 bits per heavy atom. The third kappa shape index (κ3) is 1.38. The predicted octanol–water partition coefficient (Wildman–Crippen LogP) is 3.14. The number of allylic oxidation sites excluding steroid dienone is 1. The molecule has 0 spiro atoms. The molecule has 2 aliphatic heterocycles. The van der Waals surface area contributed by atoms with Gasteiger partial charge >= 0.3 is 0 Å². The first kappa shape index (κ1) is 9.02. The van der Waals surface area contributed by atoms with E-state index in [2.05, 4.69) is 42.2 Å². The van der Waals surface area contributed by atoms with Crippen LogP contribution < -0.4 is 0 Å². The summed E-state index contributed by atoms with van der Waals surface area (Å²) in [6.45, 7) is 4.86. The van der Waals surface area contributed by atoms with Gasteiger partial charge in [-0.25, -0.2) is 0 Å². The third-order valence-corrected chi connectivity index (χ3v) is 3.61. The number of hydrogen-bond acceptors (Lipinski definition) is 1. The average molecular weight is 199 g/mol. The van der Waals surface area contributed by atoms with Gasteiger partial charge in [-0.1, -0.05) is 37.3 Å². The van der Waals surface area contributed by atoms with Gasteiger partial charge in [-0.05, 0) is 24.0 Å². The van der Waals surface area contributed by atoms with E-state index >= 15 is 0 Å². The Kier molecular flexibility index (Phi) is 2.05. The Hall–Kier alpha value is -1.24. The van der Waals surface area contributed by atoms with Crippen LogP contribution in [0.15, 0.2) is 36.0 Å². The third-order valence-electron chi connectivity index (χ3n) is 3.61. The molecule has 15 heavy (non-hydrogen) atoms. The fourth-order valence-corrected chi connectivity index (χ4v) is 3.01. The summed E-state index contributed by atoms with van der Waals surface area (Å²) in [7, 11) is 0. The van der Waals surface area contributed by atoms with Crippen LogP contribution in [-0.2, 0) is 0 Å². The van der Waals surface area contributed by atoms with Gasteiger partial charge in [-0.15, -0.1) is 0 Å². The number of nitrogens with zero attached hydrogens (tertiary/aromatic N) is 1. The zero-order chi connectivity index (χ0) is 10.3. The van der Waals surface area contributed by atoms with Gasteiger partial charge in [0.05, 0.1) is 0 Å². The Bertz CT molecular complexity index is 391.